The summed E-state index contributed by atoms with van der Waals surface area (Å²) in [5, 5.41) is 4.59. The van der Waals surface area contributed by atoms with Crippen molar-refractivity contribution >= 4 is 29.2 Å². The summed E-state index contributed by atoms with van der Waals surface area (Å²) in [5.74, 6) is 1.28. The molecule has 0 fully saturated rings. The molecule has 0 unspecified atom stereocenters. The number of hydrogen-bond donors (Lipinski definition) is 0. The third-order valence-electron chi connectivity index (χ3n) is 3.89. The highest BCUT2D eigenvalue weighted by molar-refractivity contribution is 6.35. The van der Waals surface area contributed by atoms with Crippen LogP contribution in [0.25, 0.3) is 11.3 Å². The van der Waals surface area contributed by atoms with E-state index in [2.05, 4.69) is 5.16 Å². The fraction of sp³-hybridized carbons (Fsp3) is 0.158. The van der Waals surface area contributed by atoms with Gasteiger partial charge in [0.25, 0.3) is 0 Å². The van der Waals surface area contributed by atoms with E-state index in [-0.39, 0.29) is 17.2 Å². The number of benzene rings is 2. The van der Waals surface area contributed by atoms with E-state index < -0.39 is 5.97 Å². The fourth-order valence-corrected chi connectivity index (χ4v) is 2.95. The monoisotopic (exact) mass is 405 g/mol. The van der Waals surface area contributed by atoms with Crippen molar-refractivity contribution in [2.24, 2.45) is 0 Å². The molecule has 2 aromatic carbocycles. The minimum Gasteiger partial charge on any atom is -0.486 e. The summed E-state index contributed by atoms with van der Waals surface area (Å²) < 4.78 is 21.6. The van der Waals surface area contributed by atoms with E-state index in [1.165, 1.54) is 12.1 Å². The molecule has 0 spiro atoms. The van der Waals surface area contributed by atoms with Crippen molar-refractivity contribution in [2.45, 2.75) is 6.61 Å². The number of ether oxygens (including phenoxy) is 3. The highest BCUT2D eigenvalue weighted by Crippen LogP contribution is 2.34. The summed E-state index contributed by atoms with van der Waals surface area (Å²) in [5.41, 5.74) is 1.44. The Balaban J connectivity index is 1.45. The Morgan fingerprint density at radius 2 is 1.85 bits per heavy atom. The van der Waals surface area contributed by atoms with Crippen molar-refractivity contribution in [3.63, 3.8) is 0 Å². The molecule has 3 aromatic rings. The Labute approximate surface area is 164 Å². The molecule has 6 nitrogen and oxygen atoms in total. The maximum Gasteiger partial charge on any atom is 0.340 e. The van der Waals surface area contributed by atoms with Crippen LogP contribution >= 0.6 is 23.2 Å². The van der Waals surface area contributed by atoms with Gasteiger partial charge in [-0.3, -0.25) is 0 Å². The second kappa shape index (κ2) is 7.50. The summed E-state index contributed by atoms with van der Waals surface area (Å²) in [6.07, 6.45) is 0. The molecule has 0 saturated heterocycles. The van der Waals surface area contributed by atoms with Gasteiger partial charge in [-0.25, -0.2) is 4.79 Å². The molecule has 8 heteroatoms. The number of rotatable bonds is 4. The molecule has 4 rings (SSSR count). The normalized spacial score (nSPS) is 12.7. The van der Waals surface area contributed by atoms with Gasteiger partial charge in [0.2, 0.25) is 0 Å². The zero-order valence-corrected chi connectivity index (χ0v) is 15.4. The van der Waals surface area contributed by atoms with Crippen LogP contribution in [0.4, 0.5) is 0 Å². The summed E-state index contributed by atoms with van der Waals surface area (Å²) in [6, 6.07) is 11.8. The van der Waals surface area contributed by atoms with E-state index in [1.54, 1.807) is 12.1 Å². The molecule has 0 saturated carbocycles. The first-order chi connectivity index (χ1) is 13.1. The van der Waals surface area contributed by atoms with Gasteiger partial charge in [-0.1, -0.05) is 28.4 Å². The van der Waals surface area contributed by atoms with Gasteiger partial charge >= 0.3 is 5.97 Å². The maximum absolute atomic E-state index is 12.2. The minimum absolute atomic E-state index is 0.0598. The lowest BCUT2D eigenvalue weighted by atomic mass is 10.1. The Hall–Kier alpha value is -2.70. The SMILES string of the molecule is O=C(OCc1cc(-c2ccc3c(c2)OCCO3)on1)c1cc(Cl)ccc1Cl. The fourth-order valence-electron chi connectivity index (χ4n) is 2.58. The number of nitrogens with zero attached hydrogens (tertiary/aromatic N) is 1. The zero-order valence-electron chi connectivity index (χ0n) is 13.9. The highest BCUT2D eigenvalue weighted by Gasteiger charge is 2.17. The van der Waals surface area contributed by atoms with Gasteiger partial charge in [-0.15, -0.1) is 0 Å². The molecule has 0 amide bonds. The summed E-state index contributed by atoms with van der Waals surface area (Å²) >= 11 is 11.9. The van der Waals surface area contributed by atoms with Crippen molar-refractivity contribution in [1.29, 1.82) is 0 Å². The highest BCUT2D eigenvalue weighted by atomic mass is 35.5. The Kier molecular flexibility index (Phi) is 4.92. The molecule has 27 heavy (non-hydrogen) atoms. The summed E-state index contributed by atoms with van der Waals surface area (Å²) in [7, 11) is 0. The van der Waals surface area contributed by atoms with Crippen LogP contribution in [0.5, 0.6) is 11.5 Å². The molecular formula is C19H13Cl2NO5. The molecule has 0 N–H and O–H groups in total. The molecule has 0 aliphatic carbocycles. The van der Waals surface area contributed by atoms with E-state index in [1.807, 2.05) is 18.2 Å². The number of aromatic nitrogens is 1. The number of carbonyl (C=O) groups excluding carboxylic acids is 1. The summed E-state index contributed by atoms with van der Waals surface area (Å²) in [4.78, 5) is 12.2. The molecule has 138 valence electrons. The van der Waals surface area contributed by atoms with Gasteiger partial charge in [-0.2, -0.15) is 0 Å². The zero-order chi connectivity index (χ0) is 18.8. The molecule has 1 aliphatic heterocycles. The molecule has 0 radical (unpaired) electrons. The molecule has 0 bridgehead atoms. The molecule has 1 aliphatic rings. The minimum atomic E-state index is -0.591. The first-order valence-electron chi connectivity index (χ1n) is 8.08. The van der Waals surface area contributed by atoms with Crippen molar-refractivity contribution in [2.75, 3.05) is 13.2 Å². The van der Waals surface area contributed by atoms with Crippen LogP contribution in [-0.4, -0.2) is 24.3 Å². The Bertz CT molecular complexity index is 1000. The van der Waals surface area contributed by atoms with Gasteiger partial charge in [-0.05, 0) is 36.4 Å². The second-order valence-corrected chi connectivity index (χ2v) is 6.58. The molecule has 2 heterocycles. The van der Waals surface area contributed by atoms with Crippen LogP contribution < -0.4 is 9.47 Å². The third kappa shape index (κ3) is 3.86. The van der Waals surface area contributed by atoms with E-state index in [9.17, 15) is 4.79 Å². The van der Waals surface area contributed by atoms with E-state index in [0.29, 0.717) is 41.2 Å². The van der Waals surface area contributed by atoms with E-state index >= 15 is 0 Å². The summed E-state index contributed by atoms with van der Waals surface area (Å²) in [6.45, 7) is 0.969. The van der Waals surface area contributed by atoms with Crippen LogP contribution in [0.3, 0.4) is 0 Å². The Morgan fingerprint density at radius 1 is 1.04 bits per heavy atom. The van der Waals surface area contributed by atoms with Crippen molar-refractivity contribution in [3.8, 4) is 22.8 Å². The second-order valence-electron chi connectivity index (χ2n) is 5.74. The Morgan fingerprint density at radius 3 is 2.70 bits per heavy atom. The van der Waals surface area contributed by atoms with E-state index in [0.717, 1.165) is 5.56 Å². The quantitative estimate of drug-likeness (QED) is 0.581. The predicted octanol–water partition coefficient (Wildman–Crippen LogP) is 4.78. The predicted molar refractivity (Wildman–Crippen MR) is 98.5 cm³/mol. The first-order valence-corrected chi connectivity index (χ1v) is 8.83. The van der Waals surface area contributed by atoms with Crippen molar-refractivity contribution in [1.82, 2.24) is 5.16 Å². The van der Waals surface area contributed by atoms with Crippen LogP contribution in [0.1, 0.15) is 16.1 Å². The smallest absolute Gasteiger partial charge is 0.340 e. The van der Waals surface area contributed by atoms with Gasteiger partial charge in [0.15, 0.2) is 17.3 Å². The molecular weight excluding hydrogens is 393 g/mol. The number of hydrogen-bond acceptors (Lipinski definition) is 6. The number of esters is 1. The average molecular weight is 406 g/mol. The largest absolute Gasteiger partial charge is 0.486 e. The van der Waals surface area contributed by atoms with Crippen molar-refractivity contribution < 1.29 is 23.5 Å². The van der Waals surface area contributed by atoms with Crippen molar-refractivity contribution in [3.05, 3.63) is 63.8 Å². The van der Waals surface area contributed by atoms with Gasteiger partial charge in [0.1, 0.15) is 25.5 Å². The molecule has 1 aromatic heterocycles. The van der Waals surface area contributed by atoms with Gasteiger partial charge in [0.05, 0.1) is 10.6 Å². The third-order valence-corrected chi connectivity index (χ3v) is 4.45. The van der Waals surface area contributed by atoms with Crippen LogP contribution in [0, 0.1) is 0 Å². The van der Waals surface area contributed by atoms with Crippen LogP contribution in [0.2, 0.25) is 10.0 Å². The van der Waals surface area contributed by atoms with Gasteiger partial charge in [0, 0.05) is 16.7 Å². The maximum atomic E-state index is 12.2. The van der Waals surface area contributed by atoms with E-state index in [4.69, 9.17) is 41.9 Å². The average Bonchev–Trinajstić information content (AvgIpc) is 3.16. The number of halogens is 2. The lowest BCUT2D eigenvalue weighted by Crippen LogP contribution is -2.15. The van der Waals surface area contributed by atoms with Crippen LogP contribution in [0.15, 0.2) is 47.0 Å². The lowest BCUT2D eigenvalue weighted by Gasteiger charge is -2.18. The van der Waals surface area contributed by atoms with Gasteiger partial charge < -0.3 is 18.7 Å². The number of carbonyl (C=O) groups is 1. The first kappa shape index (κ1) is 17.7. The standard InChI is InChI=1S/C19H13Cl2NO5/c20-12-2-3-15(21)14(8-12)19(23)26-10-13-9-17(27-22-13)11-1-4-16-18(7-11)25-6-5-24-16/h1-4,7-9H,5-6,10H2. The van der Waals surface area contributed by atoms with Crippen LogP contribution in [-0.2, 0) is 11.3 Å². The lowest BCUT2D eigenvalue weighted by molar-refractivity contribution is 0.0464. The number of fused-ring (bicyclic) bond motifs is 1. The molecule has 0 atom stereocenters. The topological polar surface area (TPSA) is 70.8 Å².